The lowest BCUT2D eigenvalue weighted by molar-refractivity contribution is 0.306. The van der Waals surface area contributed by atoms with Gasteiger partial charge in [-0.3, -0.25) is 4.90 Å². The molecule has 27 heavy (non-hydrogen) atoms. The third-order valence-electron chi connectivity index (χ3n) is 4.26. The number of nitrogens with zero attached hydrogens (tertiary/aromatic N) is 3. The van der Waals surface area contributed by atoms with Crippen LogP contribution in [-0.2, 0) is 0 Å². The molecule has 0 saturated heterocycles. The molecule has 0 fully saturated rings. The molecule has 0 aliphatic rings. The van der Waals surface area contributed by atoms with E-state index in [0.717, 1.165) is 40.5 Å². The van der Waals surface area contributed by atoms with Gasteiger partial charge in [-0.2, -0.15) is 0 Å². The highest BCUT2D eigenvalue weighted by Gasteiger charge is 2.17. The Kier molecular flexibility index (Phi) is 8.82. The number of rotatable bonds is 6. The van der Waals surface area contributed by atoms with E-state index < -0.39 is 0 Å². The minimum Gasteiger partial charge on any atom is -0.481 e. The predicted molar refractivity (Wildman–Crippen MR) is 119 cm³/mol. The maximum atomic E-state index is 6.25. The Morgan fingerprint density at radius 2 is 1.81 bits per heavy atom. The van der Waals surface area contributed by atoms with Crippen molar-refractivity contribution in [1.29, 1.82) is 0 Å². The molecule has 0 radical (unpaired) electrons. The van der Waals surface area contributed by atoms with Gasteiger partial charge in [-0.25, -0.2) is 9.97 Å². The zero-order valence-electron chi connectivity index (χ0n) is 15.8. The number of fused-ring (bicyclic) bond motifs is 2. The van der Waals surface area contributed by atoms with Crippen molar-refractivity contribution in [3.05, 3.63) is 35.4 Å². The second-order valence-electron chi connectivity index (χ2n) is 6.28. The summed E-state index contributed by atoms with van der Waals surface area (Å²) >= 11 is 6.25. The van der Waals surface area contributed by atoms with Crippen LogP contribution >= 0.6 is 36.4 Å². The summed E-state index contributed by atoms with van der Waals surface area (Å²) in [5, 5.41) is 5.29. The molecule has 1 N–H and O–H groups in total. The molecule has 1 atom stereocenters. The molecule has 0 bridgehead atoms. The number of methoxy groups -OCH3 is 1. The third-order valence-corrected chi connectivity index (χ3v) is 4.49. The van der Waals surface area contributed by atoms with Crippen LogP contribution in [0.15, 0.2) is 30.3 Å². The quantitative estimate of drug-likeness (QED) is 0.419. The molecule has 8 heteroatoms. The van der Waals surface area contributed by atoms with Gasteiger partial charge < -0.3 is 10.1 Å². The first kappa shape index (κ1) is 23.5. The molecular weight excluding hydrogens is 407 g/mol. The monoisotopic (exact) mass is 430 g/mol. The normalized spacial score (nSPS) is 11.8. The number of anilines is 1. The van der Waals surface area contributed by atoms with Crippen LogP contribution in [0, 0.1) is 0 Å². The summed E-state index contributed by atoms with van der Waals surface area (Å²) in [6.07, 6.45) is 2.28. The van der Waals surface area contributed by atoms with Crippen molar-refractivity contribution in [2.45, 2.75) is 25.9 Å². The first-order valence-electron chi connectivity index (χ1n) is 8.40. The van der Waals surface area contributed by atoms with E-state index in [0.29, 0.717) is 10.9 Å². The predicted octanol–water partition coefficient (Wildman–Crippen LogP) is 5.39. The first-order chi connectivity index (χ1) is 12.0. The van der Waals surface area contributed by atoms with Crippen LogP contribution in [0.3, 0.4) is 0 Å². The van der Waals surface area contributed by atoms with Crippen molar-refractivity contribution in [2.24, 2.45) is 0 Å². The molecule has 2 aromatic heterocycles. The zero-order chi connectivity index (χ0) is 18.0. The van der Waals surface area contributed by atoms with Gasteiger partial charge in [-0.1, -0.05) is 24.9 Å². The number of hydrogen-bond donors (Lipinski definition) is 1. The van der Waals surface area contributed by atoms with Crippen LogP contribution in [0.4, 0.5) is 5.69 Å². The fourth-order valence-electron chi connectivity index (χ4n) is 2.93. The lowest BCUT2D eigenvalue weighted by Gasteiger charge is -2.27. The van der Waals surface area contributed by atoms with Gasteiger partial charge in [0.15, 0.2) is 0 Å². The average molecular weight is 432 g/mol. The van der Waals surface area contributed by atoms with Crippen LogP contribution in [0.25, 0.3) is 21.9 Å². The third kappa shape index (κ3) is 5.05. The Labute approximate surface area is 177 Å². The second kappa shape index (κ2) is 10.1. The molecule has 3 aromatic rings. The molecule has 0 aliphatic heterocycles. The first-order valence-corrected chi connectivity index (χ1v) is 8.78. The van der Waals surface area contributed by atoms with Crippen molar-refractivity contribution in [3.8, 4) is 5.88 Å². The highest BCUT2D eigenvalue weighted by molar-refractivity contribution is 6.31. The Balaban J connectivity index is 0.00000182. The van der Waals surface area contributed by atoms with E-state index in [4.69, 9.17) is 21.3 Å². The molecule has 1 unspecified atom stereocenters. The molecule has 0 saturated carbocycles. The minimum absolute atomic E-state index is 0. The molecule has 0 amide bonds. The fraction of sp³-hybridized carbons (Fsp3) is 0.368. The molecule has 5 nitrogen and oxygen atoms in total. The van der Waals surface area contributed by atoms with Crippen molar-refractivity contribution in [3.63, 3.8) is 0 Å². The van der Waals surface area contributed by atoms with Gasteiger partial charge in [0.2, 0.25) is 5.88 Å². The molecule has 0 aliphatic carbocycles. The van der Waals surface area contributed by atoms with Gasteiger partial charge in [-0.05, 0) is 44.8 Å². The van der Waals surface area contributed by atoms with Crippen LogP contribution in [0.1, 0.15) is 19.8 Å². The van der Waals surface area contributed by atoms with Crippen LogP contribution in [-0.4, -0.2) is 42.2 Å². The molecule has 0 spiro atoms. The largest absolute Gasteiger partial charge is 0.481 e. The van der Waals surface area contributed by atoms with E-state index in [1.54, 1.807) is 7.11 Å². The molecule has 3 rings (SSSR count). The van der Waals surface area contributed by atoms with Crippen LogP contribution < -0.4 is 10.1 Å². The van der Waals surface area contributed by atoms with Gasteiger partial charge in [0, 0.05) is 16.5 Å². The average Bonchev–Trinajstić information content (AvgIpc) is 2.60. The highest BCUT2D eigenvalue weighted by atomic mass is 35.5. The zero-order valence-corrected chi connectivity index (χ0v) is 18.2. The van der Waals surface area contributed by atoms with Crippen molar-refractivity contribution in [1.82, 2.24) is 14.9 Å². The number of pyridine rings is 2. The van der Waals surface area contributed by atoms with E-state index in [1.807, 2.05) is 30.3 Å². The van der Waals surface area contributed by atoms with Gasteiger partial charge in [0.25, 0.3) is 0 Å². The maximum absolute atomic E-state index is 6.25. The number of benzene rings is 1. The van der Waals surface area contributed by atoms with E-state index in [9.17, 15) is 0 Å². The molecule has 2 heterocycles. The van der Waals surface area contributed by atoms with Gasteiger partial charge in [0.05, 0.1) is 30.0 Å². The van der Waals surface area contributed by atoms with Crippen LogP contribution in [0.5, 0.6) is 5.88 Å². The van der Waals surface area contributed by atoms with E-state index in [-0.39, 0.29) is 31.0 Å². The summed E-state index contributed by atoms with van der Waals surface area (Å²) in [7, 11) is 5.76. The number of ether oxygens (including phenoxy) is 1. The summed E-state index contributed by atoms with van der Waals surface area (Å²) in [6.45, 7) is 2.18. The van der Waals surface area contributed by atoms with Gasteiger partial charge in [-0.15, -0.1) is 24.8 Å². The van der Waals surface area contributed by atoms with Gasteiger partial charge >= 0.3 is 0 Å². The SMILES string of the molecule is CCCC(Nc1c2cc(Cl)ccc2nc2ccc(OC)nc12)N(C)C.Cl.Cl. The van der Waals surface area contributed by atoms with E-state index in [2.05, 4.69) is 36.2 Å². The Morgan fingerprint density at radius 1 is 1.11 bits per heavy atom. The molecule has 1 aromatic carbocycles. The van der Waals surface area contributed by atoms with Crippen molar-refractivity contribution >= 4 is 64.0 Å². The summed E-state index contributed by atoms with van der Waals surface area (Å²) in [5.74, 6) is 0.565. The number of hydrogen-bond acceptors (Lipinski definition) is 5. The summed E-state index contributed by atoms with van der Waals surface area (Å²) in [6, 6.07) is 9.50. The maximum Gasteiger partial charge on any atom is 0.213 e. The Bertz CT molecular complexity index is 905. The lowest BCUT2D eigenvalue weighted by Crippen LogP contribution is -2.35. The van der Waals surface area contributed by atoms with Gasteiger partial charge in [0.1, 0.15) is 5.52 Å². The fourth-order valence-corrected chi connectivity index (χ4v) is 3.10. The number of halogens is 3. The second-order valence-corrected chi connectivity index (χ2v) is 6.72. The summed E-state index contributed by atoms with van der Waals surface area (Å²) in [4.78, 5) is 11.5. The molecule has 148 valence electrons. The van der Waals surface area contributed by atoms with E-state index >= 15 is 0 Å². The van der Waals surface area contributed by atoms with Crippen molar-refractivity contribution in [2.75, 3.05) is 26.5 Å². The topological polar surface area (TPSA) is 50.3 Å². The number of nitrogens with one attached hydrogen (secondary N) is 1. The summed E-state index contributed by atoms with van der Waals surface area (Å²) < 4.78 is 5.31. The lowest BCUT2D eigenvalue weighted by atomic mass is 10.1. The number of aromatic nitrogens is 2. The standard InChI is InChI=1S/C19H23ClN4O.2ClH/c1-5-6-16(24(2)3)22-18-13-11-12(20)7-8-14(13)21-15-9-10-17(25-4)23-19(15)18;;/h7-11,16H,5-6H2,1-4H3,(H,21,22);2*1H. The van der Waals surface area contributed by atoms with Crippen molar-refractivity contribution < 1.29 is 4.74 Å². The van der Waals surface area contributed by atoms with Crippen LogP contribution in [0.2, 0.25) is 5.02 Å². The minimum atomic E-state index is 0. The van der Waals surface area contributed by atoms with E-state index in [1.165, 1.54) is 0 Å². The Morgan fingerprint density at radius 3 is 2.44 bits per heavy atom. The highest BCUT2D eigenvalue weighted by Crippen LogP contribution is 2.33. The summed E-state index contributed by atoms with van der Waals surface area (Å²) in [5.41, 5.74) is 3.44. The Hall–Kier alpha value is -1.53. The smallest absolute Gasteiger partial charge is 0.213 e. The molecular formula is C19H25Cl3N4O.